The second kappa shape index (κ2) is 7.82. The number of hydrogen-bond donors (Lipinski definition) is 1. The van der Waals surface area contributed by atoms with Gasteiger partial charge in [0.15, 0.2) is 0 Å². The summed E-state index contributed by atoms with van der Waals surface area (Å²) in [5, 5.41) is 3.09. The van der Waals surface area contributed by atoms with Gasteiger partial charge in [-0.25, -0.2) is 0 Å². The predicted octanol–water partition coefficient (Wildman–Crippen LogP) is 3.08. The van der Waals surface area contributed by atoms with Gasteiger partial charge in [0.25, 0.3) is 5.91 Å². The summed E-state index contributed by atoms with van der Waals surface area (Å²) in [6.45, 7) is 3.20. The molecule has 1 N–H and O–H groups in total. The van der Waals surface area contributed by atoms with Crippen LogP contribution in [0.15, 0.2) is 24.3 Å². The Bertz CT molecular complexity index is 501. The highest BCUT2D eigenvalue weighted by Crippen LogP contribution is 2.27. The number of benzene rings is 1. The first-order valence-electron chi connectivity index (χ1n) is 8.92. The molecular weight excluding hydrogens is 288 g/mol. The van der Waals surface area contributed by atoms with Gasteiger partial charge in [0.05, 0.1) is 7.11 Å². The minimum Gasteiger partial charge on any atom is -0.497 e. The van der Waals surface area contributed by atoms with Gasteiger partial charge in [0, 0.05) is 18.2 Å². The highest BCUT2D eigenvalue weighted by Gasteiger charge is 2.27. The number of nitrogens with zero attached hydrogens (tertiary/aromatic N) is 1. The van der Waals surface area contributed by atoms with E-state index in [0.29, 0.717) is 11.5 Å². The van der Waals surface area contributed by atoms with Crippen molar-refractivity contribution in [3.8, 4) is 5.75 Å². The van der Waals surface area contributed by atoms with Gasteiger partial charge in [-0.1, -0.05) is 12.8 Å². The smallest absolute Gasteiger partial charge is 0.251 e. The molecule has 0 spiro atoms. The Morgan fingerprint density at radius 1 is 1.13 bits per heavy atom. The first kappa shape index (κ1) is 16.3. The fraction of sp³-hybridized carbons (Fsp3) is 0.632. The highest BCUT2D eigenvalue weighted by atomic mass is 16.5. The number of nitrogens with one attached hydrogen (secondary N) is 1. The Labute approximate surface area is 139 Å². The van der Waals surface area contributed by atoms with Crippen molar-refractivity contribution < 1.29 is 9.53 Å². The lowest BCUT2D eigenvalue weighted by Crippen LogP contribution is -2.42. The first-order valence-corrected chi connectivity index (χ1v) is 8.92. The van der Waals surface area contributed by atoms with E-state index in [2.05, 4.69) is 10.2 Å². The molecule has 2 aliphatic rings. The maximum Gasteiger partial charge on any atom is 0.251 e. The second-order valence-corrected chi connectivity index (χ2v) is 6.86. The Morgan fingerprint density at radius 3 is 2.39 bits per heavy atom. The largest absolute Gasteiger partial charge is 0.497 e. The van der Waals surface area contributed by atoms with Crippen LogP contribution in [0.25, 0.3) is 0 Å². The number of rotatable bonds is 5. The van der Waals surface area contributed by atoms with Crippen molar-refractivity contribution in [3.05, 3.63) is 29.8 Å². The highest BCUT2D eigenvalue weighted by molar-refractivity contribution is 5.94. The van der Waals surface area contributed by atoms with E-state index >= 15 is 0 Å². The monoisotopic (exact) mass is 316 g/mol. The summed E-state index contributed by atoms with van der Waals surface area (Å²) in [5.74, 6) is 1.42. The molecule has 3 rings (SSSR count). The van der Waals surface area contributed by atoms with Crippen LogP contribution < -0.4 is 10.1 Å². The van der Waals surface area contributed by atoms with Gasteiger partial charge < -0.3 is 15.0 Å². The maximum atomic E-state index is 12.2. The molecule has 1 aliphatic carbocycles. The third kappa shape index (κ3) is 4.25. The van der Waals surface area contributed by atoms with E-state index < -0.39 is 0 Å². The molecule has 2 fully saturated rings. The Hall–Kier alpha value is -1.55. The molecular formula is C19H28N2O2. The van der Waals surface area contributed by atoms with Crippen LogP contribution in [0.2, 0.25) is 0 Å². The maximum absolute atomic E-state index is 12.2. The van der Waals surface area contributed by atoms with E-state index in [-0.39, 0.29) is 5.91 Å². The number of hydrogen-bond acceptors (Lipinski definition) is 3. The number of ether oxygens (including phenoxy) is 1. The van der Waals surface area contributed by atoms with E-state index in [1.54, 1.807) is 7.11 Å². The van der Waals surface area contributed by atoms with Crippen LogP contribution >= 0.6 is 0 Å². The summed E-state index contributed by atoms with van der Waals surface area (Å²) in [7, 11) is 1.63. The van der Waals surface area contributed by atoms with Crippen molar-refractivity contribution in [2.24, 2.45) is 5.92 Å². The fourth-order valence-corrected chi connectivity index (χ4v) is 3.87. The zero-order chi connectivity index (χ0) is 16.1. The summed E-state index contributed by atoms with van der Waals surface area (Å²) >= 11 is 0. The number of piperidine rings is 1. The molecule has 4 nitrogen and oxygen atoms in total. The van der Waals surface area contributed by atoms with Crippen molar-refractivity contribution in [3.63, 3.8) is 0 Å². The molecule has 126 valence electrons. The van der Waals surface area contributed by atoms with Gasteiger partial charge >= 0.3 is 0 Å². The van der Waals surface area contributed by atoms with Gasteiger partial charge in [-0.15, -0.1) is 0 Å². The van der Waals surface area contributed by atoms with Crippen LogP contribution in [0.1, 0.15) is 48.9 Å². The molecule has 4 heteroatoms. The van der Waals surface area contributed by atoms with Crippen LogP contribution in [-0.4, -0.2) is 43.6 Å². The van der Waals surface area contributed by atoms with Crippen molar-refractivity contribution in [1.29, 1.82) is 0 Å². The Morgan fingerprint density at radius 2 is 1.78 bits per heavy atom. The molecule has 23 heavy (non-hydrogen) atoms. The Kier molecular flexibility index (Phi) is 5.55. The molecule has 1 amide bonds. The quantitative estimate of drug-likeness (QED) is 0.907. The zero-order valence-electron chi connectivity index (χ0n) is 14.1. The molecule has 0 atom stereocenters. The lowest BCUT2D eigenvalue weighted by Gasteiger charge is -2.36. The van der Waals surface area contributed by atoms with E-state index in [1.165, 1.54) is 51.6 Å². The summed E-state index contributed by atoms with van der Waals surface area (Å²) in [4.78, 5) is 14.9. The zero-order valence-corrected chi connectivity index (χ0v) is 14.1. The molecule has 1 saturated carbocycles. The molecule has 1 aromatic carbocycles. The molecule has 0 radical (unpaired) electrons. The third-order valence-corrected chi connectivity index (χ3v) is 5.39. The van der Waals surface area contributed by atoms with Crippen LogP contribution in [0, 0.1) is 5.92 Å². The van der Waals surface area contributed by atoms with E-state index in [9.17, 15) is 4.79 Å². The minimum absolute atomic E-state index is 0.0193. The molecule has 0 unspecified atom stereocenters. The molecule has 1 saturated heterocycles. The van der Waals surface area contributed by atoms with Gasteiger partial charge in [0.1, 0.15) is 5.75 Å². The molecule has 1 heterocycles. The van der Waals surface area contributed by atoms with Gasteiger partial charge in [-0.2, -0.15) is 0 Å². The number of methoxy groups -OCH3 is 1. The van der Waals surface area contributed by atoms with Crippen molar-refractivity contribution in [2.75, 3.05) is 26.7 Å². The average Bonchev–Trinajstić information content (AvgIpc) is 3.15. The standard InChI is InChI=1S/C19H28N2O2/c1-23-18-8-6-16(7-9-18)19(22)20-14-15-10-12-21(13-11-15)17-4-2-3-5-17/h6-9,15,17H,2-5,10-14H2,1H3,(H,20,22). The fourth-order valence-electron chi connectivity index (χ4n) is 3.87. The summed E-state index contributed by atoms with van der Waals surface area (Å²) < 4.78 is 5.12. The normalized spacial score (nSPS) is 20.6. The lowest BCUT2D eigenvalue weighted by molar-refractivity contribution is 0.0924. The third-order valence-electron chi connectivity index (χ3n) is 5.39. The van der Waals surface area contributed by atoms with Gasteiger partial charge in [0.2, 0.25) is 0 Å². The lowest BCUT2D eigenvalue weighted by atomic mass is 9.95. The molecule has 1 aromatic rings. The molecule has 0 aromatic heterocycles. The van der Waals surface area contributed by atoms with Crippen molar-refractivity contribution >= 4 is 5.91 Å². The van der Waals surface area contributed by atoms with E-state index in [4.69, 9.17) is 4.74 Å². The average molecular weight is 316 g/mol. The predicted molar refractivity (Wildman–Crippen MR) is 91.9 cm³/mol. The topological polar surface area (TPSA) is 41.6 Å². The molecule has 1 aliphatic heterocycles. The van der Waals surface area contributed by atoms with Gasteiger partial charge in [-0.05, 0) is 69.0 Å². The summed E-state index contributed by atoms with van der Waals surface area (Å²) in [5.41, 5.74) is 0.703. The van der Waals surface area contributed by atoms with Crippen LogP contribution in [0.5, 0.6) is 5.75 Å². The number of carbonyl (C=O) groups is 1. The minimum atomic E-state index is 0.0193. The van der Waals surface area contributed by atoms with Gasteiger partial charge in [-0.3, -0.25) is 4.79 Å². The summed E-state index contributed by atoms with van der Waals surface area (Å²) in [6.07, 6.45) is 8.00. The number of carbonyl (C=O) groups excluding carboxylic acids is 1. The van der Waals surface area contributed by atoms with Crippen LogP contribution in [-0.2, 0) is 0 Å². The first-order chi connectivity index (χ1) is 11.3. The van der Waals surface area contributed by atoms with Crippen LogP contribution in [0.3, 0.4) is 0 Å². The van der Waals surface area contributed by atoms with Crippen molar-refractivity contribution in [2.45, 2.75) is 44.6 Å². The van der Waals surface area contributed by atoms with E-state index in [0.717, 1.165) is 18.3 Å². The second-order valence-electron chi connectivity index (χ2n) is 6.86. The number of likely N-dealkylation sites (tertiary alicyclic amines) is 1. The summed E-state index contributed by atoms with van der Waals surface area (Å²) in [6, 6.07) is 8.13. The SMILES string of the molecule is COc1ccc(C(=O)NCC2CCN(C3CCCC3)CC2)cc1. The number of amides is 1. The molecule has 0 bridgehead atoms. The Balaban J connectivity index is 1.41. The van der Waals surface area contributed by atoms with Crippen LogP contribution in [0.4, 0.5) is 0 Å². The van der Waals surface area contributed by atoms with Crippen molar-refractivity contribution in [1.82, 2.24) is 10.2 Å². The van der Waals surface area contributed by atoms with E-state index in [1.807, 2.05) is 24.3 Å².